The number of hydrogen-bond acceptors (Lipinski definition) is 6. The number of aryl methyl sites for hydroxylation is 1. The number of methoxy groups -OCH3 is 1. The molecule has 0 aliphatic carbocycles. The van der Waals surface area contributed by atoms with Gasteiger partial charge in [0.1, 0.15) is 0 Å². The van der Waals surface area contributed by atoms with Crippen molar-refractivity contribution in [3.63, 3.8) is 0 Å². The molecular weight excluding hydrogens is 356 g/mol. The lowest BCUT2D eigenvalue weighted by Crippen LogP contribution is -2.24. The summed E-state index contributed by atoms with van der Waals surface area (Å²) in [6, 6.07) is 18.0. The molecule has 1 aromatic heterocycles. The van der Waals surface area contributed by atoms with Crippen LogP contribution in [-0.2, 0) is 11.3 Å². The quantitative estimate of drug-likeness (QED) is 0.642. The molecular formula is C21H20N4O3. The number of rotatable bonds is 6. The van der Waals surface area contributed by atoms with Gasteiger partial charge in [-0.25, -0.2) is 4.79 Å². The fourth-order valence-electron chi connectivity index (χ4n) is 2.57. The minimum absolute atomic E-state index is 0.235. The number of nitrogens with zero attached hydrogens (tertiary/aromatic N) is 2. The third-order valence-electron chi connectivity index (χ3n) is 4.01. The van der Waals surface area contributed by atoms with E-state index in [4.69, 9.17) is 0 Å². The van der Waals surface area contributed by atoms with Crippen molar-refractivity contribution in [2.75, 3.05) is 12.4 Å². The molecule has 0 fully saturated rings. The number of hydrogen-bond donors (Lipinski definition) is 2. The van der Waals surface area contributed by atoms with Crippen molar-refractivity contribution in [2.24, 2.45) is 0 Å². The number of aromatic nitrogens is 2. The van der Waals surface area contributed by atoms with E-state index in [0.717, 1.165) is 16.8 Å². The first-order chi connectivity index (χ1) is 13.5. The highest BCUT2D eigenvalue weighted by atomic mass is 16.5. The van der Waals surface area contributed by atoms with Crippen LogP contribution in [0.4, 0.5) is 11.5 Å². The lowest BCUT2D eigenvalue weighted by molar-refractivity contribution is 0.0600. The average Bonchev–Trinajstić information content (AvgIpc) is 2.72. The van der Waals surface area contributed by atoms with E-state index in [1.165, 1.54) is 7.11 Å². The Kier molecular flexibility index (Phi) is 5.96. The van der Waals surface area contributed by atoms with Crippen molar-refractivity contribution in [1.29, 1.82) is 0 Å². The molecule has 0 atom stereocenters. The summed E-state index contributed by atoms with van der Waals surface area (Å²) < 4.78 is 4.66. The van der Waals surface area contributed by atoms with Gasteiger partial charge < -0.3 is 15.4 Å². The van der Waals surface area contributed by atoms with E-state index in [2.05, 4.69) is 25.6 Å². The van der Waals surface area contributed by atoms with Crippen molar-refractivity contribution in [1.82, 2.24) is 15.5 Å². The summed E-state index contributed by atoms with van der Waals surface area (Å²) in [5.41, 5.74) is 3.59. The maximum atomic E-state index is 12.2. The molecule has 1 amide bonds. The summed E-state index contributed by atoms with van der Waals surface area (Å²) in [5.74, 6) is -0.198. The number of benzene rings is 2. The summed E-state index contributed by atoms with van der Waals surface area (Å²) in [6.45, 7) is 2.43. The Morgan fingerprint density at radius 2 is 1.79 bits per heavy atom. The molecule has 0 saturated carbocycles. The molecule has 0 bridgehead atoms. The highest BCUT2D eigenvalue weighted by molar-refractivity contribution is 5.92. The molecule has 0 aliphatic rings. The minimum atomic E-state index is -0.396. The zero-order valence-corrected chi connectivity index (χ0v) is 15.6. The maximum absolute atomic E-state index is 12.2. The van der Waals surface area contributed by atoms with Crippen LogP contribution in [0, 0.1) is 6.92 Å². The van der Waals surface area contributed by atoms with E-state index in [-0.39, 0.29) is 11.6 Å². The van der Waals surface area contributed by atoms with Gasteiger partial charge in [-0.05, 0) is 48.9 Å². The van der Waals surface area contributed by atoms with Crippen molar-refractivity contribution in [3.05, 3.63) is 83.0 Å². The topological polar surface area (TPSA) is 93.2 Å². The van der Waals surface area contributed by atoms with E-state index in [9.17, 15) is 9.59 Å². The van der Waals surface area contributed by atoms with Gasteiger partial charge in [0.05, 0.1) is 12.7 Å². The Balaban J connectivity index is 1.58. The van der Waals surface area contributed by atoms with Crippen LogP contribution in [0.3, 0.4) is 0 Å². The maximum Gasteiger partial charge on any atom is 0.337 e. The molecule has 0 saturated heterocycles. The minimum Gasteiger partial charge on any atom is -0.465 e. The highest BCUT2D eigenvalue weighted by Crippen LogP contribution is 2.15. The first-order valence-electron chi connectivity index (χ1n) is 8.68. The fourth-order valence-corrected chi connectivity index (χ4v) is 2.57. The molecule has 3 rings (SSSR count). The summed E-state index contributed by atoms with van der Waals surface area (Å²) >= 11 is 0. The zero-order valence-electron chi connectivity index (χ0n) is 15.6. The summed E-state index contributed by atoms with van der Waals surface area (Å²) in [6.07, 6.45) is 0. The molecule has 7 heteroatoms. The molecule has 28 heavy (non-hydrogen) atoms. The number of nitrogens with one attached hydrogen (secondary N) is 2. The van der Waals surface area contributed by atoms with Gasteiger partial charge >= 0.3 is 5.97 Å². The van der Waals surface area contributed by atoms with Crippen LogP contribution in [0.25, 0.3) is 0 Å². The predicted molar refractivity (Wildman–Crippen MR) is 105 cm³/mol. The van der Waals surface area contributed by atoms with E-state index >= 15 is 0 Å². The molecule has 0 aliphatic heterocycles. The van der Waals surface area contributed by atoms with Crippen LogP contribution in [0.5, 0.6) is 0 Å². The molecule has 3 aromatic rings. The first-order valence-corrected chi connectivity index (χ1v) is 8.68. The van der Waals surface area contributed by atoms with Crippen LogP contribution in [0.2, 0.25) is 0 Å². The van der Waals surface area contributed by atoms with Crippen LogP contribution >= 0.6 is 0 Å². The molecule has 2 aromatic carbocycles. The lowest BCUT2D eigenvalue weighted by atomic mass is 10.1. The third-order valence-corrected chi connectivity index (χ3v) is 4.01. The number of ether oxygens (including phenoxy) is 1. The van der Waals surface area contributed by atoms with Gasteiger partial charge in [-0.15, -0.1) is 10.2 Å². The molecule has 0 spiro atoms. The van der Waals surface area contributed by atoms with Gasteiger partial charge in [-0.2, -0.15) is 0 Å². The van der Waals surface area contributed by atoms with E-state index < -0.39 is 5.97 Å². The third kappa shape index (κ3) is 4.91. The van der Waals surface area contributed by atoms with E-state index in [1.807, 2.05) is 31.2 Å². The van der Waals surface area contributed by atoms with Gasteiger partial charge in [-0.1, -0.05) is 29.8 Å². The van der Waals surface area contributed by atoms with E-state index in [1.54, 1.807) is 36.4 Å². The Bertz CT molecular complexity index is 970. The highest BCUT2D eigenvalue weighted by Gasteiger charge is 2.09. The Hall–Kier alpha value is -3.74. The fraction of sp³-hybridized carbons (Fsp3) is 0.143. The van der Waals surface area contributed by atoms with Crippen LogP contribution < -0.4 is 10.6 Å². The second kappa shape index (κ2) is 8.77. The monoisotopic (exact) mass is 376 g/mol. The van der Waals surface area contributed by atoms with Crippen molar-refractivity contribution < 1.29 is 14.3 Å². The zero-order chi connectivity index (χ0) is 19.9. The molecule has 1 heterocycles. The number of anilines is 2. The average molecular weight is 376 g/mol. The number of carbonyl (C=O) groups is 2. The van der Waals surface area contributed by atoms with Crippen molar-refractivity contribution in [3.8, 4) is 0 Å². The Morgan fingerprint density at radius 1 is 1.00 bits per heavy atom. The lowest BCUT2D eigenvalue weighted by Gasteiger charge is -2.07. The molecule has 7 nitrogen and oxygen atoms in total. The van der Waals surface area contributed by atoms with Crippen molar-refractivity contribution >= 4 is 23.4 Å². The van der Waals surface area contributed by atoms with Gasteiger partial charge in [-0.3, -0.25) is 4.79 Å². The number of carbonyl (C=O) groups excluding carboxylic acids is 2. The summed E-state index contributed by atoms with van der Waals surface area (Å²) in [7, 11) is 1.34. The molecule has 0 unspecified atom stereocenters. The number of esters is 1. The molecule has 0 radical (unpaired) electrons. The van der Waals surface area contributed by atoms with Crippen molar-refractivity contribution in [2.45, 2.75) is 13.5 Å². The predicted octanol–water partition coefficient (Wildman–Crippen LogP) is 3.25. The second-order valence-electron chi connectivity index (χ2n) is 6.17. The van der Waals surface area contributed by atoms with Crippen LogP contribution in [-0.4, -0.2) is 29.2 Å². The standard InChI is InChI=1S/C21H20N4O3/c1-14-4-3-5-15(12-14)13-22-20(26)18-10-11-19(25-24-18)23-17-8-6-16(7-9-17)21(27)28-2/h3-12H,13H2,1-2H3,(H,22,26)(H,23,25). The molecule has 142 valence electrons. The van der Waals surface area contributed by atoms with Gasteiger partial charge in [0, 0.05) is 12.2 Å². The Labute approximate surface area is 162 Å². The normalized spacial score (nSPS) is 10.2. The molecule has 2 N–H and O–H groups in total. The van der Waals surface area contributed by atoms with Crippen LogP contribution in [0.15, 0.2) is 60.7 Å². The van der Waals surface area contributed by atoms with Gasteiger partial charge in [0.2, 0.25) is 0 Å². The smallest absolute Gasteiger partial charge is 0.337 e. The SMILES string of the molecule is COC(=O)c1ccc(Nc2ccc(C(=O)NCc3cccc(C)c3)nn2)cc1. The van der Waals surface area contributed by atoms with E-state index in [0.29, 0.717) is 17.9 Å². The van der Waals surface area contributed by atoms with Gasteiger partial charge in [0.15, 0.2) is 11.5 Å². The summed E-state index contributed by atoms with van der Waals surface area (Å²) in [4.78, 5) is 23.7. The van der Waals surface area contributed by atoms with Gasteiger partial charge in [0.25, 0.3) is 5.91 Å². The second-order valence-corrected chi connectivity index (χ2v) is 6.17. The number of amides is 1. The summed E-state index contributed by atoms with van der Waals surface area (Å²) in [5, 5.41) is 13.9. The first kappa shape index (κ1) is 19.0. The largest absolute Gasteiger partial charge is 0.465 e. The Morgan fingerprint density at radius 3 is 2.43 bits per heavy atom. The van der Waals surface area contributed by atoms with Crippen LogP contribution in [0.1, 0.15) is 32.0 Å².